The van der Waals surface area contributed by atoms with Crippen LogP contribution >= 0.6 is 26.5 Å². The number of aryl methyl sites for hydroxylation is 2. The molecular weight excluding hydrogens is 486 g/mol. The summed E-state index contributed by atoms with van der Waals surface area (Å²) in [7, 11) is 9.75. The second kappa shape index (κ2) is 13.9. The zero-order valence-electron chi connectivity index (χ0n) is 20.1. The van der Waals surface area contributed by atoms with Gasteiger partial charge in [-0.15, -0.1) is 68.8 Å². The molecule has 0 amide bonds. The second-order valence-corrected chi connectivity index (χ2v) is 14.1. The van der Waals surface area contributed by atoms with Crippen LogP contribution in [0.1, 0.15) is 51.7 Å². The Bertz CT molecular complexity index is 1000. The zero-order chi connectivity index (χ0) is 23.7. The van der Waals surface area contributed by atoms with Crippen LogP contribution in [0.2, 0.25) is 0 Å². The predicted octanol–water partition coefficient (Wildman–Crippen LogP) is 9.81. The molecule has 4 heteroatoms. The second-order valence-electron chi connectivity index (χ2n) is 8.39. The molecule has 2 atom stereocenters. The molecule has 0 saturated heterocycles. The van der Waals surface area contributed by atoms with E-state index in [1.54, 1.807) is 5.30 Å². The molecule has 0 aliphatic heterocycles. The van der Waals surface area contributed by atoms with Crippen LogP contribution in [-0.4, -0.2) is 11.3 Å². The van der Waals surface area contributed by atoms with Gasteiger partial charge in [0.05, 0.1) is 0 Å². The third-order valence-electron chi connectivity index (χ3n) is 6.28. The summed E-state index contributed by atoms with van der Waals surface area (Å²) in [4.78, 5) is 0. The monoisotopic (exact) mass is 520 g/mol. The van der Waals surface area contributed by atoms with Crippen LogP contribution in [0.15, 0.2) is 66.7 Å². The zero-order valence-corrected chi connectivity index (χ0v) is 24.1. The summed E-state index contributed by atoms with van der Waals surface area (Å²) in [6, 6.07) is 24.4. The average molecular weight is 521 g/mol. The molecule has 0 aromatic heterocycles. The van der Waals surface area contributed by atoms with Crippen molar-refractivity contribution in [2.45, 2.75) is 65.7 Å². The first-order chi connectivity index (χ1) is 15.4. The number of hydrogen-bond acceptors (Lipinski definition) is 0. The van der Waals surface area contributed by atoms with E-state index in [0.29, 0.717) is 0 Å². The number of fused-ring (bicyclic) bond motifs is 2. The van der Waals surface area contributed by atoms with Crippen LogP contribution in [-0.2, 0) is 17.0 Å². The number of halogens is 2. The van der Waals surface area contributed by atoms with Gasteiger partial charge in [0.2, 0.25) is 0 Å². The van der Waals surface area contributed by atoms with Gasteiger partial charge in [-0.25, -0.2) is 0 Å². The number of rotatable bonds is 5. The molecule has 32 heavy (non-hydrogen) atoms. The summed E-state index contributed by atoms with van der Waals surface area (Å²) in [5.41, 5.74) is 4.39. The fourth-order valence-corrected chi connectivity index (χ4v) is 7.41. The Labute approximate surface area is 212 Å². The van der Waals surface area contributed by atoms with E-state index in [9.17, 15) is 0 Å². The van der Waals surface area contributed by atoms with Gasteiger partial charge in [-0.2, -0.15) is 18.2 Å². The van der Waals surface area contributed by atoms with E-state index < -0.39 is 17.0 Å². The molecule has 0 spiro atoms. The molecule has 2 unspecified atom stereocenters. The van der Waals surface area contributed by atoms with Crippen LogP contribution in [0, 0.1) is 13.8 Å². The average Bonchev–Trinajstić information content (AvgIpc) is 3.45. The minimum absolute atomic E-state index is 0.0252. The van der Waals surface area contributed by atoms with Crippen molar-refractivity contribution >= 4 is 53.4 Å². The Morgan fingerprint density at radius 3 is 2.06 bits per heavy atom. The fourth-order valence-electron chi connectivity index (χ4n) is 4.16. The Balaban J connectivity index is 0.000000220. The van der Waals surface area contributed by atoms with E-state index in [0.717, 1.165) is 11.3 Å². The predicted molar refractivity (Wildman–Crippen MR) is 146 cm³/mol. The van der Waals surface area contributed by atoms with Gasteiger partial charge in [-0.3, -0.25) is 0 Å². The summed E-state index contributed by atoms with van der Waals surface area (Å²) >= 11 is -0.556. The molecule has 172 valence electrons. The summed E-state index contributed by atoms with van der Waals surface area (Å²) in [5.74, 6) is 0. The molecule has 0 radical (unpaired) electrons. The fraction of sp³-hybridized carbons (Fsp3) is 0.357. The summed E-state index contributed by atoms with van der Waals surface area (Å²) < 4.78 is 0. The normalized spacial score (nSPS) is 13.5. The third kappa shape index (κ3) is 7.19. The first-order valence-corrected chi connectivity index (χ1v) is 17.2. The number of benzene rings is 2. The van der Waals surface area contributed by atoms with Crippen molar-refractivity contribution in [1.82, 2.24) is 0 Å². The maximum absolute atomic E-state index is 4.89. The van der Waals surface area contributed by atoms with Crippen LogP contribution < -0.4 is 5.30 Å². The molecule has 0 aliphatic rings. The molecule has 4 rings (SSSR count). The van der Waals surface area contributed by atoms with Crippen LogP contribution in [0.25, 0.3) is 21.5 Å². The molecule has 0 saturated carbocycles. The van der Waals surface area contributed by atoms with E-state index in [1.165, 1.54) is 45.5 Å². The Morgan fingerprint density at radius 2 is 1.50 bits per heavy atom. The van der Waals surface area contributed by atoms with Gasteiger partial charge < -0.3 is 0 Å². The van der Waals surface area contributed by atoms with Crippen molar-refractivity contribution in [1.29, 1.82) is 0 Å². The van der Waals surface area contributed by atoms with E-state index in [-0.39, 0.29) is 7.92 Å². The van der Waals surface area contributed by atoms with Gasteiger partial charge in [0.15, 0.2) is 0 Å². The quantitative estimate of drug-likeness (QED) is 0.139. The summed E-state index contributed by atoms with van der Waals surface area (Å²) in [6.45, 7) is 13.8. The van der Waals surface area contributed by atoms with Crippen LogP contribution in [0.4, 0.5) is 0 Å². The van der Waals surface area contributed by atoms with Crippen molar-refractivity contribution in [3.63, 3.8) is 0 Å². The van der Waals surface area contributed by atoms with Crippen molar-refractivity contribution in [2.24, 2.45) is 0 Å². The molecule has 0 aliphatic carbocycles. The SMILES string of the molecule is CCC(C)P(c1cc2ccccc2[cH-]1)C(C)CC.Cc1ccc(C)c2[cH-]ccc12.[Cl][Ti][Cl]. The minimum atomic E-state index is -0.556. The van der Waals surface area contributed by atoms with Gasteiger partial charge in [0.25, 0.3) is 0 Å². The molecule has 0 heterocycles. The van der Waals surface area contributed by atoms with E-state index >= 15 is 0 Å². The molecule has 0 N–H and O–H groups in total. The first-order valence-electron chi connectivity index (χ1n) is 11.4. The van der Waals surface area contributed by atoms with Crippen molar-refractivity contribution in [3.05, 3.63) is 77.9 Å². The standard InChI is InChI=1S/C17H24P.C11H11.2ClH.Ti/c1-5-13(3)18(14(4)6-2)17-11-15-9-7-8-10-16(15)12-17;1-8-6-7-9(2)11-5-3-4-10(8)11;;;/h7-14H,5-6H2,1-4H3;3-7H,1-2H3;2*1H;/q2*-1;;;+2/p-2. The Kier molecular flexibility index (Phi) is 12.0. The van der Waals surface area contributed by atoms with Gasteiger partial charge in [0.1, 0.15) is 0 Å². The Hall–Kier alpha value is -0.616. The maximum atomic E-state index is 4.89. The van der Waals surface area contributed by atoms with Crippen LogP contribution in [0.3, 0.4) is 0 Å². The molecular formula is C28H35Cl2PTi-2. The van der Waals surface area contributed by atoms with E-state index in [4.69, 9.17) is 18.6 Å². The van der Waals surface area contributed by atoms with Gasteiger partial charge >= 0.3 is 35.6 Å². The molecule has 0 fully saturated rings. The van der Waals surface area contributed by atoms with Crippen LogP contribution in [0.5, 0.6) is 0 Å². The van der Waals surface area contributed by atoms with Crippen molar-refractivity contribution in [3.8, 4) is 0 Å². The topological polar surface area (TPSA) is 0 Å². The third-order valence-corrected chi connectivity index (χ3v) is 9.77. The molecule has 0 nitrogen and oxygen atoms in total. The number of hydrogen-bond donors (Lipinski definition) is 0. The first kappa shape index (κ1) is 27.6. The van der Waals surface area contributed by atoms with Gasteiger partial charge in [-0.05, 0) is 31.1 Å². The summed E-state index contributed by atoms with van der Waals surface area (Å²) in [6.07, 6.45) is 2.58. The van der Waals surface area contributed by atoms with Gasteiger partial charge in [0, 0.05) is 0 Å². The van der Waals surface area contributed by atoms with Gasteiger partial charge in [-0.1, -0.05) is 60.2 Å². The molecule has 4 aromatic rings. The molecule has 4 aromatic carbocycles. The summed E-state index contributed by atoms with van der Waals surface area (Å²) in [5, 5.41) is 7.21. The van der Waals surface area contributed by atoms with Crippen molar-refractivity contribution in [2.75, 3.05) is 0 Å². The van der Waals surface area contributed by atoms with E-state index in [1.807, 2.05) is 0 Å². The van der Waals surface area contributed by atoms with E-state index in [2.05, 4.69) is 108 Å². The Morgan fingerprint density at radius 1 is 0.906 bits per heavy atom. The molecule has 0 bridgehead atoms. The van der Waals surface area contributed by atoms with Crippen molar-refractivity contribution < 1.29 is 17.0 Å².